The van der Waals surface area contributed by atoms with E-state index in [1.54, 1.807) is 12.1 Å². The first-order chi connectivity index (χ1) is 13.7. The minimum atomic E-state index is -1.98. The molecule has 8 heteroatoms. The Bertz CT molecular complexity index is 782. The highest BCUT2D eigenvalue weighted by atomic mass is 35.5. The molecule has 0 saturated heterocycles. The number of halogens is 5. The van der Waals surface area contributed by atoms with Gasteiger partial charge in [-0.1, -0.05) is 55.6 Å². The van der Waals surface area contributed by atoms with Gasteiger partial charge in [-0.2, -0.15) is 0 Å². The lowest BCUT2D eigenvalue weighted by atomic mass is 10.1. The quantitative estimate of drug-likeness (QED) is 0.351. The summed E-state index contributed by atoms with van der Waals surface area (Å²) in [7, 11) is -1.98. The van der Waals surface area contributed by atoms with Crippen LogP contribution in [0.25, 0.3) is 0 Å². The lowest BCUT2D eigenvalue weighted by Gasteiger charge is -2.34. The van der Waals surface area contributed by atoms with Gasteiger partial charge in [-0.25, -0.2) is 8.78 Å². The maximum atomic E-state index is 13.4. The van der Waals surface area contributed by atoms with Crippen molar-refractivity contribution in [2.75, 3.05) is 6.54 Å². The summed E-state index contributed by atoms with van der Waals surface area (Å²) in [5.74, 6) is -1.21. The van der Waals surface area contributed by atoms with Crippen LogP contribution < -0.4 is 5.32 Å². The van der Waals surface area contributed by atoms with Gasteiger partial charge in [0.15, 0.2) is 8.32 Å². The van der Waals surface area contributed by atoms with Gasteiger partial charge in [0.2, 0.25) is 0 Å². The Morgan fingerprint density at radius 1 is 0.897 bits per heavy atom. The SMILES string of the molecule is CC[Si](CC)(CC)OC(CNCc1cc(F)cc(F)c1)c1c(Cl)cc(Cl)cc1Cl. The summed E-state index contributed by atoms with van der Waals surface area (Å²) in [6.07, 6.45) is -0.391. The first kappa shape index (κ1) is 24.6. The Morgan fingerprint density at radius 3 is 1.90 bits per heavy atom. The molecule has 1 atom stereocenters. The molecule has 0 bridgehead atoms. The molecule has 1 unspecified atom stereocenters. The second-order valence-electron chi connectivity index (χ2n) is 7.04. The number of benzene rings is 2. The largest absolute Gasteiger partial charge is 0.409 e. The number of nitrogens with one attached hydrogen (secondary N) is 1. The molecule has 2 aromatic rings. The molecule has 0 spiro atoms. The van der Waals surface area contributed by atoms with Gasteiger partial charge in [-0.15, -0.1) is 0 Å². The van der Waals surface area contributed by atoms with Gasteiger partial charge in [0.1, 0.15) is 11.6 Å². The van der Waals surface area contributed by atoms with Crippen molar-refractivity contribution in [3.63, 3.8) is 0 Å². The molecule has 0 aliphatic carbocycles. The van der Waals surface area contributed by atoms with E-state index >= 15 is 0 Å². The maximum Gasteiger partial charge on any atom is 0.192 e. The van der Waals surface area contributed by atoms with Crippen LogP contribution in [0.1, 0.15) is 38.0 Å². The minimum Gasteiger partial charge on any atom is -0.409 e. The first-order valence-corrected chi connectivity index (χ1v) is 13.4. The third kappa shape index (κ3) is 6.64. The third-order valence-electron chi connectivity index (χ3n) is 5.27. The number of rotatable bonds is 10. The Labute approximate surface area is 187 Å². The van der Waals surface area contributed by atoms with Crippen molar-refractivity contribution in [3.05, 3.63) is 68.2 Å². The van der Waals surface area contributed by atoms with Crippen LogP contribution in [0.15, 0.2) is 30.3 Å². The lowest BCUT2D eigenvalue weighted by molar-refractivity contribution is 0.186. The second kappa shape index (κ2) is 11.1. The number of hydrogen-bond acceptors (Lipinski definition) is 2. The van der Waals surface area contributed by atoms with Gasteiger partial charge in [-0.3, -0.25) is 0 Å². The standard InChI is InChI=1S/C21H26Cl3F2NOSi/c1-4-29(5-2,6-3)28-20(21-18(23)9-15(22)10-19(21)24)13-27-12-14-7-16(25)11-17(26)8-14/h7-11,20,27H,4-6,12-13H2,1-3H3. The van der Waals surface area contributed by atoms with Crippen molar-refractivity contribution in [2.24, 2.45) is 0 Å². The molecule has 0 aliphatic rings. The van der Waals surface area contributed by atoms with Gasteiger partial charge < -0.3 is 9.74 Å². The van der Waals surface area contributed by atoms with E-state index in [0.717, 1.165) is 24.2 Å². The minimum absolute atomic E-state index is 0.288. The molecule has 2 aromatic carbocycles. The molecule has 29 heavy (non-hydrogen) atoms. The predicted octanol–water partition coefficient (Wildman–Crippen LogP) is 7.78. The van der Waals surface area contributed by atoms with Crippen LogP contribution in [0.3, 0.4) is 0 Å². The molecular formula is C21H26Cl3F2NOSi. The van der Waals surface area contributed by atoms with Crippen molar-refractivity contribution in [1.82, 2.24) is 5.32 Å². The summed E-state index contributed by atoms with van der Waals surface area (Å²) in [6.45, 7) is 7.11. The molecule has 0 fully saturated rings. The molecule has 0 aliphatic heterocycles. The van der Waals surface area contributed by atoms with Crippen molar-refractivity contribution in [2.45, 2.75) is 51.6 Å². The second-order valence-corrected chi connectivity index (χ2v) is 13.0. The van der Waals surface area contributed by atoms with Crippen molar-refractivity contribution in [3.8, 4) is 0 Å². The average molecular weight is 481 g/mol. The summed E-state index contributed by atoms with van der Waals surface area (Å²) in [4.78, 5) is 0. The fraction of sp³-hybridized carbons (Fsp3) is 0.429. The highest BCUT2D eigenvalue weighted by Crippen LogP contribution is 2.38. The monoisotopic (exact) mass is 479 g/mol. The Kier molecular flexibility index (Phi) is 9.39. The smallest absolute Gasteiger partial charge is 0.192 e. The fourth-order valence-electron chi connectivity index (χ4n) is 3.43. The zero-order chi connectivity index (χ0) is 21.6. The van der Waals surface area contributed by atoms with E-state index in [-0.39, 0.29) is 6.54 Å². The van der Waals surface area contributed by atoms with E-state index in [2.05, 4.69) is 26.1 Å². The van der Waals surface area contributed by atoms with Crippen LogP contribution in [0, 0.1) is 11.6 Å². The van der Waals surface area contributed by atoms with Crippen molar-refractivity contribution in [1.29, 1.82) is 0 Å². The molecule has 1 N–H and O–H groups in total. The van der Waals surface area contributed by atoms with Gasteiger partial charge in [0.05, 0.1) is 6.10 Å². The predicted molar refractivity (Wildman–Crippen MR) is 121 cm³/mol. The Balaban J connectivity index is 2.27. The average Bonchev–Trinajstić information content (AvgIpc) is 2.64. The van der Waals surface area contributed by atoms with E-state index in [1.165, 1.54) is 12.1 Å². The zero-order valence-electron chi connectivity index (χ0n) is 16.8. The van der Waals surface area contributed by atoms with Crippen LogP contribution in [0.2, 0.25) is 33.2 Å². The van der Waals surface area contributed by atoms with Gasteiger partial charge in [-0.05, 0) is 48.0 Å². The highest BCUT2D eigenvalue weighted by molar-refractivity contribution is 6.73. The lowest BCUT2D eigenvalue weighted by Crippen LogP contribution is -2.40. The maximum absolute atomic E-state index is 13.4. The molecule has 0 saturated carbocycles. The molecule has 0 amide bonds. The molecule has 2 nitrogen and oxygen atoms in total. The molecule has 0 radical (unpaired) electrons. The summed E-state index contributed by atoms with van der Waals surface area (Å²) in [5.41, 5.74) is 1.20. The van der Waals surface area contributed by atoms with Gasteiger partial charge >= 0.3 is 0 Å². The highest BCUT2D eigenvalue weighted by Gasteiger charge is 2.34. The Morgan fingerprint density at radius 2 is 1.41 bits per heavy atom. The fourth-order valence-corrected chi connectivity index (χ4v) is 7.29. The van der Waals surface area contributed by atoms with E-state index in [9.17, 15) is 8.78 Å². The Hall–Kier alpha value is -0.693. The summed E-state index contributed by atoms with van der Waals surface area (Å²) in [6, 6.07) is 9.66. The molecule has 160 valence electrons. The zero-order valence-corrected chi connectivity index (χ0v) is 20.1. The van der Waals surface area contributed by atoms with Crippen LogP contribution in [-0.2, 0) is 11.0 Å². The van der Waals surface area contributed by atoms with Crippen molar-refractivity contribution < 1.29 is 13.2 Å². The number of hydrogen-bond donors (Lipinski definition) is 1. The topological polar surface area (TPSA) is 21.3 Å². The summed E-state index contributed by atoms with van der Waals surface area (Å²) >= 11 is 19.0. The molecular weight excluding hydrogens is 455 g/mol. The van der Waals surface area contributed by atoms with Crippen LogP contribution >= 0.6 is 34.8 Å². The third-order valence-corrected chi connectivity index (χ3v) is 10.8. The molecule has 0 heterocycles. The van der Waals surface area contributed by atoms with E-state index in [0.29, 0.717) is 32.7 Å². The van der Waals surface area contributed by atoms with E-state index in [1.807, 2.05) is 0 Å². The van der Waals surface area contributed by atoms with E-state index < -0.39 is 26.1 Å². The van der Waals surface area contributed by atoms with E-state index in [4.69, 9.17) is 39.2 Å². The molecule has 2 rings (SSSR count). The van der Waals surface area contributed by atoms with Crippen molar-refractivity contribution >= 4 is 43.1 Å². The van der Waals surface area contributed by atoms with Crippen LogP contribution in [0.4, 0.5) is 8.78 Å². The van der Waals surface area contributed by atoms with Crippen LogP contribution in [0.5, 0.6) is 0 Å². The normalized spacial score (nSPS) is 13.0. The van der Waals surface area contributed by atoms with Crippen LogP contribution in [-0.4, -0.2) is 14.9 Å². The first-order valence-electron chi connectivity index (χ1n) is 9.71. The summed E-state index contributed by atoms with van der Waals surface area (Å²) < 4.78 is 33.6. The van der Waals surface area contributed by atoms with Gasteiger partial charge in [0.25, 0.3) is 0 Å². The molecule has 0 aromatic heterocycles. The summed E-state index contributed by atoms with van der Waals surface area (Å²) in [5, 5.41) is 4.57. The van der Waals surface area contributed by atoms with Gasteiger partial charge in [0, 0.05) is 39.8 Å².